The Morgan fingerprint density at radius 1 is 1.42 bits per heavy atom. The molecule has 0 spiro atoms. The summed E-state index contributed by atoms with van der Waals surface area (Å²) in [4.78, 5) is 0. The predicted octanol–water partition coefficient (Wildman–Crippen LogP) is 1.46. The topological polar surface area (TPSA) is 43.8 Å². The number of hydrogen-bond acceptors (Lipinski definition) is 2. The van der Waals surface area contributed by atoms with Gasteiger partial charge in [0, 0.05) is 18.1 Å². The van der Waals surface area contributed by atoms with Gasteiger partial charge in [0.15, 0.2) is 0 Å². The van der Waals surface area contributed by atoms with Gasteiger partial charge in [-0.25, -0.2) is 0 Å². The fraction of sp³-hybridized carbons (Fsp3) is 0.222. The van der Waals surface area contributed by atoms with E-state index >= 15 is 0 Å². The number of hydrogen-bond donors (Lipinski definition) is 1. The Morgan fingerprint density at radius 2 is 2.17 bits per heavy atom. The van der Waals surface area contributed by atoms with E-state index < -0.39 is 0 Å². The van der Waals surface area contributed by atoms with Gasteiger partial charge in [0.25, 0.3) is 0 Å². The van der Waals surface area contributed by atoms with E-state index in [0.29, 0.717) is 0 Å². The average Bonchev–Trinajstić information content (AvgIpc) is 2.41. The summed E-state index contributed by atoms with van der Waals surface area (Å²) < 4.78 is 1.82. The molecule has 2 N–H and O–H groups in total. The lowest BCUT2D eigenvalue weighted by Gasteiger charge is -2.00. The summed E-state index contributed by atoms with van der Waals surface area (Å²) in [7, 11) is 1.91. The molecule has 0 atom stereocenters. The van der Waals surface area contributed by atoms with Crippen molar-refractivity contribution in [3.05, 3.63) is 23.9 Å². The molecule has 0 aliphatic carbocycles. The molecule has 2 aromatic rings. The third-order valence-electron chi connectivity index (χ3n) is 2.19. The maximum absolute atomic E-state index is 5.88. The van der Waals surface area contributed by atoms with Crippen LogP contribution in [0.1, 0.15) is 5.56 Å². The molecule has 0 unspecified atom stereocenters. The molecule has 12 heavy (non-hydrogen) atoms. The van der Waals surface area contributed by atoms with Crippen molar-refractivity contribution in [2.75, 3.05) is 5.73 Å². The van der Waals surface area contributed by atoms with Crippen LogP contribution >= 0.6 is 0 Å². The van der Waals surface area contributed by atoms with E-state index in [2.05, 4.69) is 5.10 Å². The van der Waals surface area contributed by atoms with E-state index in [0.717, 1.165) is 22.2 Å². The second-order valence-electron chi connectivity index (χ2n) is 3.00. The van der Waals surface area contributed by atoms with Crippen LogP contribution in [0.3, 0.4) is 0 Å². The van der Waals surface area contributed by atoms with Gasteiger partial charge in [-0.2, -0.15) is 5.10 Å². The molecular formula is C9H11N3. The van der Waals surface area contributed by atoms with Gasteiger partial charge in [0.05, 0.1) is 11.7 Å². The molecule has 0 amide bonds. The molecule has 1 aromatic heterocycles. The lowest BCUT2D eigenvalue weighted by molar-refractivity contribution is 0.797. The minimum atomic E-state index is 0.834. The molecule has 3 nitrogen and oxygen atoms in total. The molecule has 2 rings (SSSR count). The number of rotatable bonds is 0. The van der Waals surface area contributed by atoms with Crippen molar-refractivity contribution < 1.29 is 0 Å². The van der Waals surface area contributed by atoms with E-state index in [1.54, 1.807) is 6.20 Å². The molecule has 0 aliphatic heterocycles. The second kappa shape index (κ2) is 2.24. The van der Waals surface area contributed by atoms with Gasteiger partial charge in [-0.15, -0.1) is 0 Å². The van der Waals surface area contributed by atoms with Crippen LogP contribution in [-0.4, -0.2) is 9.78 Å². The average molecular weight is 161 g/mol. The zero-order valence-corrected chi connectivity index (χ0v) is 7.20. The van der Waals surface area contributed by atoms with Crippen molar-refractivity contribution in [3.63, 3.8) is 0 Å². The molecule has 0 bridgehead atoms. The minimum Gasteiger partial charge on any atom is -0.398 e. The summed E-state index contributed by atoms with van der Waals surface area (Å²) in [6.45, 7) is 2.00. The highest BCUT2D eigenvalue weighted by Gasteiger charge is 2.03. The zero-order chi connectivity index (χ0) is 8.72. The van der Waals surface area contributed by atoms with Crippen LogP contribution < -0.4 is 5.73 Å². The SMILES string of the molecule is Cc1ccc2c(cnn2C)c1N. The van der Waals surface area contributed by atoms with E-state index in [1.165, 1.54) is 0 Å². The number of nitrogens with zero attached hydrogens (tertiary/aromatic N) is 2. The lowest BCUT2D eigenvalue weighted by atomic mass is 10.1. The van der Waals surface area contributed by atoms with Crippen LogP contribution in [0.2, 0.25) is 0 Å². The third kappa shape index (κ3) is 0.794. The lowest BCUT2D eigenvalue weighted by Crippen LogP contribution is -1.92. The Bertz CT molecular complexity index is 429. The van der Waals surface area contributed by atoms with Gasteiger partial charge in [0.2, 0.25) is 0 Å². The first-order valence-electron chi connectivity index (χ1n) is 3.87. The van der Waals surface area contributed by atoms with Crippen LogP contribution in [0.5, 0.6) is 0 Å². The number of nitrogen functional groups attached to an aromatic ring is 1. The summed E-state index contributed by atoms with van der Waals surface area (Å²) in [6.07, 6.45) is 1.80. The summed E-state index contributed by atoms with van der Waals surface area (Å²) >= 11 is 0. The maximum atomic E-state index is 5.88. The smallest absolute Gasteiger partial charge is 0.0700 e. The molecular weight excluding hydrogens is 150 g/mol. The highest BCUT2D eigenvalue weighted by atomic mass is 15.2. The summed E-state index contributed by atoms with van der Waals surface area (Å²) in [5.74, 6) is 0. The van der Waals surface area contributed by atoms with Crippen LogP contribution in [0.4, 0.5) is 5.69 Å². The van der Waals surface area contributed by atoms with Crippen LogP contribution in [0, 0.1) is 6.92 Å². The first-order valence-corrected chi connectivity index (χ1v) is 3.87. The van der Waals surface area contributed by atoms with Crippen LogP contribution in [0.15, 0.2) is 18.3 Å². The molecule has 0 saturated carbocycles. The highest BCUT2D eigenvalue weighted by Crippen LogP contribution is 2.22. The second-order valence-corrected chi connectivity index (χ2v) is 3.00. The Labute approximate surface area is 70.8 Å². The van der Waals surface area contributed by atoms with Crippen molar-refractivity contribution in [2.24, 2.45) is 7.05 Å². The first kappa shape index (κ1) is 7.16. The Kier molecular flexibility index (Phi) is 1.33. The van der Waals surface area contributed by atoms with Gasteiger partial charge in [-0.1, -0.05) is 6.07 Å². The monoisotopic (exact) mass is 161 g/mol. The molecule has 0 aliphatic rings. The number of benzene rings is 1. The van der Waals surface area contributed by atoms with Crippen molar-refractivity contribution in [1.82, 2.24) is 9.78 Å². The maximum Gasteiger partial charge on any atom is 0.0700 e. The summed E-state index contributed by atoms with van der Waals surface area (Å²) in [5, 5.41) is 5.17. The quantitative estimate of drug-likeness (QED) is 0.594. The third-order valence-corrected chi connectivity index (χ3v) is 2.19. The van der Waals surface area contributed by atoms with Crippen LogP contribution in [0.25, 0.3) is 10.9 Å². The van der Waals surface area contributed by atoms with Gasteiger partial charge < -0.3 is 5.73 Å². The molecule has 0 saturated heterocycles. The normalized spacial score (nSPS) is 10.8. The molecule has 3 heteroatoms. The van der Waals surface area contributed by atoms with Gasteiger partial charge in [0.1, 0.15) is 0 Å². The van der Waals surface area contributed by atoms with E-state index in [-0.39, 0.29) is 0 Å². The Hall–Kier alpha value is -1.51. The van der Waals surface area contributed by atoms with Crippen molar-refractivity contribution in [1.29, 1.82) is 0 Å². The number of fused-ring (bicyclic) bond motifs is 1. The fourth-order valence-corrected chi connectivity index (χ4v) is 1.36. The number of aromatic nitrogens is 2. The van der Waals surface area contributed by atoms with Crippen molar-refractivity contribution in [3.8, 4) is 0 Å². The van der Waals surface area contributed by atoms with E-state index in [1.807, 2.05) is 30.8 Å². The molecule has 1 heterocycles. The van der Waals surface area contributed by atoms with Gasteiger partial charge in [-0.05, 0) is 18.6 Å². The Morgan fingerprint density at radius 3 is 2.92 bits per heavy atom. The summed E-state index contributed by atoms with van der Waals surface area (Å²) in [5.41, 5.74) is 8.90. The van der Waals surface area contributed by atoms with Gasteiger partial charge >= 0.3 is 0 Å². The molecule has 62 valence electrons. The number of nitrogens with two attached hydrogens (primary N) is 1. The largest absolute Gasteiger partial charge is 0.398 e. The van der Waals surface area contributed by atoms with Crippen LogP contribution in [-0.2, 0) is 7.05 Å². The zero-order valence-electron chi connectivity index (χ0n) is 7.20. The van der Waals surface area contributed by atoms with Crippen molar-refractivity contribution in [2.45, 2.75) is 6.92 Å². The van der Waals surface area contributed by atoms with Crippen molar-refractivity contribution >= 4 is 16.6 Å². The standard InChI is InChI=1S/C9H11N3/c1-6-3-4-8-7(9(6)10)5-11-12(8)2/h3-5H,10H2,1-2H3. The molecule has 1 aromatic carbocycles. The first-order chi connectivity index (χ1) is 5.70. The highest BCUT2D eigenvalue weighted by molar-refractivity contribution is 5.91. The predicted molar refractivity (Wildman–Crippen MR) is 49.9 cm³/mol. The minimum absolute atomic E-state index is 0.834. The fourth-order valence-electron chi connectivity index (χ4n) is 1.36. The van der Waals surface area contributed by atoms with E-state index in [9.17, 15) is 0 Å². The van der Waals surface area contributed by atoms with E-state index in [4.69, 9.17) is 5.73 Å². The molecule has 0 fully saturated rings. The van der Waals surface area contributed by atoms with Gasteiger partial charge in [-0.3, -0.25) is 4.68 Å². The summed E-state index contributed by atoms with van der Waals surface area (Å²) in [6, 6.07) is 4.05. The Balaban J connectivity index is 2.93. The number of aryl methyl sites for hydroxylation is 2. The molecule has 0 radical (unpaired) electrons. The number of anilines is 1.